The minimum absolute atomic E-state index is 0.00216. The van der Waals surface area contributed by atoms with E-state index in [0.29, 0.717) is 0 Å². The second-order valence-corrected chi connectivity index (χ2v) is 5.81. The van der Waals surface area contributed by atoms with Gasteiger partial charge in [0.05, 0.1) is 25.4 Å². The molecule has 22 heavy (non-hydrogen) atoms. The van der Waals surface area contributed by atoms with Crippen molar-refractivity contribution in [2.45, 2.75) is 62.2 Å². The van der Waals surface area contributed by atoms with Crippen molar-refractivity contribution < 1.29 is 45.6 Å². The summed E-state index contributed by atoms with van der Waals surface area (Å²) in [6.45, 7) is 0.259. The highest BCUT2D eigenvalue weighted by molar-refractivity contribution is 4.93. The smallest absolute Gasteiger partial charge is 0.111 e. The first-order chi connectivity index (χ1) is 10.2. The van der Waals surface area contributed by atoms with Gasteiger partial charge >= 0.3 is 0 Å². The average Bonchev–Trinajstić information content (AvgIpc) is 2.52. The van der Waals surface area contributed by atoms with E-state index in [2.05, 4.69) is 0 Å². The predicted octanol–water partition coefficient (Wildman–Crippen LogP) is -4.07. The molecule has 0 radical (unpaired) electrons. The first kappa shape index (κ1) is 19.7. The molecule has 1 aliphatic heterocycles. The quantitative estimate of drug-likeness (QED) is 0.232. The van der Waals surface area contributed by atoms with Gasteiger partial charge < -0.3 is 45.6 Å². The molecular formula is C13H26O9. The Morgan fingerprint density at radius 1 is 0.864 bits per heavy atom. The van der Waals surface area contributed by atoms with Gasteiger partial charge in [0.1, 0.15) is 36.6 Å². The van der Waals surface area contributed by atoms with Crippen LogP contribution in [0.1, 0.15) is 13.3 Å². The van der Waals surface area contributed by atoms with E-state index in [1.807, 2.05) is 0 Å². The van der Waals surface area contributed by atoms with Gasteiger partial charge in [0.2, 0.25) is 0 Å². The van der Waals surface area contributed by atoms with Crippen molar-refractivity contribution in [3.8, 4) is 0 Å². The van der Waals surface area contributed by atoms with Crippen molar-refractivity contribution in [1.29, 1.82) is 0 Å². The highest BCUT2D eigenvalue weighted by Gasteiger charge is 2.44. The minimum atomic E-state index is -1.58. The van der Waals surface area contributed by atoms with Gasteiger partial charge in [-0.15, -0.1) is 0 Å². The third-order valence-electron chi connectivity index (χ3n) is 4.11. The highest BCUT2D eigenvalue weighted by Crippen LogP contribution is 2.27. The van der Waals surface area contributed by atoms with Crippen LogP contribution in [0.5, 0.6) is 0 Å². The van der Waals surface area contributed by atoms with E-state index in [-0.39, 0.29) is 6.42 Å². The number of hydrogen-bond acceptors (Lipinski definition) is 9. The average molecular weight is 326 g/mol. The molecule has 1 fully saturated rings. The van der Waals surface area contributed by atoms with Crippen molar-refractivity contribution in [3.05, 3.63) is 0 Å². The highest BCUT2D eigenvalue weighted by atomic mass is 16.5. The molecule has 0 amide bonds. The van der Waals surface area contributed by atoms with Crippen molar-refractivity contribution >= 4 is 0 Å². The van der Waals surface area contributed by atoms with Gasteiger partial charge in [-0.05, 0) is 12.3 Å². The SMILES string of the molecule is C[C@H](C[C@@H]1O[C@H](CO)[C@@H](O)[C@H](O)[C@H]1O)[C@@H](O)[C@H](O)[C@H](O)CO. The lowest BCUT2D eigenvalue weighted by molar-refractivity contribution is -0.234. The molecule has 0 aromatic carbocycles. The van der Waals surface area contributed by atoms with Crippen LogP contribution in [0.4, 0.5) is 0 Å². The maximum absolute atomic E-state index is 9.93. The van der Waals surface area contributed by atoms with E-state index in [0.717, 1.165) is 0 Å². The molecule has 0 saturated carbocycles. The van der Waals surface area contributed by atoms with Gasteiger partial charge in [0.15, 0.2) is 0 Å². The Bertz CT molecular complexity index is 327. The maximum atomic E-state index is 9.93. The molecular weight excluding hydrogens is 300 g/mol. The van der Waals surface area contributed by atoms with E-state index in [4.69, 9.17) is 14.9 Å². The molecule has 0 bridgehead atoms. The third-order valence-corrected chi connectivity index (χ3v) is 4.11. The summed E-state index contributed by atoms with van der Waals surface area (Å²) in [7, 11) is 0. The molecule has 8 N–H and O–H groups in total. The van der Waals surface area contributed by atoms with E-state index < -0.39 is 68.0 Å². The van der Waals surface area contributed by atoms with Crippen LogP contribution in [0, 0.1) is 5.92 Å². The number of rotatable bonds is 7. The van der Waals surface area contributed by atoms with Gasteiger partial charge in [-0.25, -0.2) is 0 Å². The molecule has 1 rings (SSSR count). The summed E-state index contributed by atoms with van der Waals surface area (Å²) in [5, 5.41) is 76.0. The summed E-state index contributed by atoms with van der Waals surface area (Å²) in [6.07, 6.45) is -10.9. The Morgan fingerprint density at radius 2 is 1.41 bits per heavy atom. The number of ether oxygens (including phenoxy) is 1. The zero-order valence-corrected chi connectivity index (χ0v) is 12.3. The molecule has 9 heteroatoms. The van der Waals surface area contributed by atoms with Crippen LogP contribution in [0.2, 0.25) is 0 Å². The fourth-order valence-electron chi connectivity index (χ4n) is 2.55. The fraction of sp³-hybridized carbons (Fsp3) is 1.00. The minimum Gasteiger partial charge on any atom is -0.394 e. The largest absolute Gasteiger partial charge is 0.394 e. The third kappa shape index (κ3) is 4.34. The number of aliphatic hydroxyl groups is 8. The number of aliphatic hydroxyl groups excluding tert-OH is 8. The van der Waals surface area contributed by atoms with Crippen LogP contribution in [-0.4, -0.2) is 103 Å². The molecule has 9 atom stereocenters. The summed E-state index contributed by atoms with van der Waals surface area (Å²) in [5.41, 5.74) is 0. The van der Waals surface area contributed by atoms with Crippen LogP contribution in [0.3, 0.4) is 0 Å². The Hall–Kier alpha value is -0.360. The monoisotopic (exact) mass is 326 g/mol. The van der Waals surface area contributed by atoms with E-state index >= 15 is 0 Å². The lowest BCUT2D eigenvalue weighted by atomic mass is 9.86. The van der Waals surface area contributed by atoms with Gasteiger partial charge in [-0.3, -0.25) is 0 Å². The predicted molar refractivity (Wildman–Crippen MR) is 72.7 cm³/mol. The first-order valence-electron chi connectivity index (χ1n) is 7.20. The molecule has 1 heterocycles. The summed E-state index contributed by atoms with van der Waals surface area (Å²) in [6, 6.07) is 0. The normalized spacial score (nSPS) is 38.3. The zero-order valence-electron chi connectivity index (χ0n) is 12.3. The molecule has 0 unspecified atom stereocenters. The molecule has 1 aliphatic rings. The van der Waals surface area contributed by atoms with Gasteiger partial charge in [0, 0.05) is 0 Å². The van der Waals surface area contributed by atoms with Crippen LogP contribution in [-0.2, 0) is 4.74 Å². The van der Waals surface area contributed by atoms with Crippen LogP contribution < -0.4 is 0 Å². The molecule has 0 aromatic heterocycles. The van der Waals surface area contributed by atoms with Gasteiger partial charge in [-0.1, -0.05) is 6.92 Å². The second kappa shape index (κ2) is 8.48. The van der Waals surface area contributed by atoms with Crippen LogP contribution in [0.15, 0.2) is 0 Å². The summed E-state index contributed by atoms with van der Waals surface area (Å²) in [5.74, 6) is -0.655. The van der Waals surface area contributed by atoms with E-state index in [1.54, 1.807) is 0 Å². The molecule has 9 nitrogen and oxygen atoms in total. The van der Waals surface area contributed by atoms with Crippen molar-refractivity contribution in [2.75, 3.05) is 13.2 Å². The standard InChI is InChI=1S/C13H26O9/c1-5(9(17)10(18)6(16)3-14)2-7-11(19)13(21)12(20)8(4-15)22-7/h5-21H,2-4H2,1H3/t5-,6-,7+,8-,9-,10-,11+,12-,13-/m1/s1. The Morgan fingerprint density at radius 3 is 1.91 bits per heavy atom. The maximum Gasteiger partial charge on any atom is 0.111 e. The van der Waals surface area contributed by atoms with Crippen molar-refractivity contribution in [1.82, 2.24) is 0 Å². The van der Waals surface area contributed by atoms with E-state index in [1.165, 1.54) is 6.92 Å². The number of hydrogen-bond donors (Lipinski definition) is 8. The molecule has 0 spiro atoms. The molecule has 1 saturated heterocycles. The Labute approximate surface area is 128 Å². The summed E-state index contributed by atoms with van der Waals surface area (Å²) < 4.78 is 5.30. The van der Waals surface area contributed by atoms with Crippen molar-refractivity contribution in [3.63, 3.8) is 0 Å². The lowest BCUT2D eigenvalue weighted by Crippen LogP contribution is -2.59. The molecule has 0 aliphatic carbocycles. The topological polar surface area (TPSA) is 171 Å². The van der Waals surface area contributed by atoms with Crippen molar-refractivity contribution in [2.24, 2.45) is 5.92 Å². The van der Waals surface area contributed by atoms with Gasteiger partial charge in [-0.2, -0.15) is 0 Å². The van der Waals surface area contributed by atoms with Gasteiger partial charge in [0.25, 0.3) is 0 Å². The fourth-order valence-corrected chi connectivity index (χ4v) is 2.55. The summed E-state index contributed by atoms with van der Waals surface area (Å²) >= 11 is 0. The Kier molecular flexibility index (Phi) is 7.59. The summed E-state index contributed by atoms with van der Waals surface area (Å²) in [4.78, 5) is 0. The second-order valence-electron chi connectivity index (χ2n) is 5.81. The zero-order chi connectivity index (χ0) is 17.0. The Balaban J connectivity index is 2.67. The van der Waals surface area contributed by atoms with Crippen LogP contribution in [0.25, 0.3) is 0 Å². The van der Waals surface area contributed by atoms with E-state index in [9.17, 15) is 30.6 Å². The molecule has 132 valence electrons. The lowest BCUT2D eigenvalue weighted by Gasteiger charge is -2.41. The van der Waals surface area contributed by atoms with Crippen LogP contribution >= 0.6 is 0 Å². The first-order valence-corrected chi connectivity index (χ1v) is 7.20. The molecule has 0 aromatic rings.